The molecule has 1 saturated heterocycles. The fourth-order valence-corrected chi connectivity index (χ4v) is 2.86. The van der Waals surface area contributed by atoms with Crippen molar-refractivity contribution in [2.75, 3.05) is 29.5 Å². The summed E-state index contributed by atoms with van der Waals surface area (Å²) >= 11 is 4.30. The van der Waals surface area contributed by atoms with E-state index in [2.05, 4.69) is 37.5 Å². The molecule has 1 aliphatic rings. The van der Waals surface area contributed by atoms with Gasteiger partial charge in [-0.15, -0.1) is 0 Å². The fraction of sp³-hybridized carbons (Fsp3) is 0.500. The van der Waals surface area contributed by atoms with Crippen LogP contribution in [0.1, 0.15) is 0 Å². The van der Waals surface area contributed by atoms with Crippen LogP contribution in [0.5, 0.6) is 0 Å². The summed E-state index contributed by atoms with van der Waals surface area (Å²) in [6.07, 6.45) is 3.49. The van der Waals surface area contributed by atoms with Crippen LogP contribution in [0.2, 0.25) is 0 Å². The van der Waals surface area contributed by atoms with Crippen molar-refractivity contribution in [3.05, 3.63) is 16.1 Å². The molecule has 1 aromatic rings. The van der Waals surface area contributed by atoms with E-state index < -0.39 is 0 Å². The molecule has 0 aromatic carbocycles. The van der Waals surface area contributed by atoms with Crippen molar-refractivity contribution in [2.24, 2.45) is 0 Å². The molecule has 0 saturated carbocycles. The Bertz CT molecular complexity index is 288. The molecule has 0 aliphatic carbocycles. The molecule has 13 heavy (non-hydrogen) atoms. The third-order valence-corrected chi connectivity index (χ3v) is 3.66. The maximum atomic E-state index is 4.30. The van der Waals surface area contributed by atoms with Crippen LogP contribution < -0.4 is 4.90 Å². The summed E-state index contributed by atoms with van der Waals surface area (Å²) in [5, 5.41) is 0. The van der Waals surface area contributed by atoms with Crippen molar-refractivity contribution in [3.63, 3.8) is 0 Å². The molecule has 0 N–H and O–H groups in total. The first-order valence-corrected chi connectivity index (χ1v) is 6.39. The Hall–Kier alpha value is -0.0400. The van der Waals surface area contributed by atoms with Gasteiger partial charge in [0.2, 0.25) is 0 Å². The third kappa shape index (κ3) is 2.25. The number of aromatic nitrogens is 2. The van der Waals surface area contributed by atoms with Gasteiger partial charge in [0.1, 0.15) is 12.1 Å². The number of anilines is 1. The molecule has 0 atom stereocenters. The second-order valence-electron chi connectivity index (χ2n) is 2.79. The maximum Gasteiger partial charge on any atom is 0.145 e. The topological polar surface area (TPSA) is 29.0 Å². The van der Waals surface area contributed by atoms with Crippen LogP contribution in [0, 0.1) is 3.57 Å². The van der Waals surface area contributed by atoms with Gasteiger partial charge in [-0.3, -0.25) is 0 Å². The smallest absolute Gasteiger partial charge is 0.145 e. The summed E-state index contributed by atoms with van der Waals surface area (Å²) in [6.45, 7) is 2.22. The first kappa shape index (κ1) is 9.51. The van der Waals surface area contributed by atoms with Gasteiger partial charge in [-0.2, -0.15) is 11.8 Å². The lowest BCUT2D eigenvalue weighted by Crippen LogP contribution is -2.33. The molecular formula is C8H10IN3S. The lowest BCUT2D eigenvalue weighted by atomic mass is 10.4. The lowest BCUT2D eigenvalue weighted by molar-refractivity contribution is 0.831. The molecule has 0 radical (unpaired) electrons. The molecule has 2 rings (SSSR count). The van der Waals surface area contributed by atoms with Gasteiger partial charge in [-0.25, -0.2) is 9.97 Å². The molecule has 0 bridgehead atoms. The molecule has 0 unspecified atom stereocenters. The first-order valence-electron chi connectivity index (χ1n) is 4.16. The van der Waals surface area contributed by atoms with Gasteiger partial charge in [-0.1, -0.05) is 0 Å². The molecule has 2 heterocycles. The molecular weight excluding hydrogens is 297 g/mol. The maximum absolute atomic E-state index is 4.30. The zero-order chi connectivity index (χ0) is 9.10. The number of thioether (sulfide) groups is 1. The van der Waals surface area contributed by atoms with Gasteiger partial charge in [-0.05, 0) is 22.6 Å². The average molecular weight is 307 g/mol. The van der Waals surface area contributed by atoms with Gasteiger partial charge in [0.15, 0.2) is 0 Å². The second kappa shape index (κ2) is 4.45. The summed E-state index contributed by atoms with van der Waals surface area (Å²) in [5.74, 6) is 3.51. The molecule has 70 valence electrons. The standard InChI is InChI=1S/C8H10IN3S/c9-7-5-10-6-11-8(7)12-1-3-13-4-2-12/h5-6H,1-4H2. The highest BCUT2D eigenvalue weighted by atomic mass is 127. The minimum atomic E-state index is 1.09. The lowest BCUT2D eigenvalue weighted by Gasteiger charge is -2.27. The van der Waals surface area contributed by atoms with E-state index in [1.807, 2.05) is 18.0 Å². The molecule has 1 fully saturated rings. The highest BCUT2D eigenvalue weighted by Gasteiger charge is 2.14. The Kier molecular flexibility index (Phi) is 3.26. The van der Waals surface area contributed by atoms with Crippen molar-refractivity contribution in [2.45, 2.75) is 0 Å². The largest absolute Gasteiger partial charge is 0.354 e. The molecule has 0 spiro atoms. The normalized spacial score (nSPS) is 17.5. The van der Waals surface area contributed by atoms with E-state index in [4.69, 9.17) is 0 Å². The van der Waals surface area contributed by atoms with Crippen molar-refractivity contribution in [1.82, 2.24) is 9.97 Å². The predicted octanol–water partition coefficient (Wildman–Crippen LogP) is 1.63. The van der Waals surface area contributed by atoms with E-state index in [1.165, 1.54) is 11.5 Å². The summed E-state index contributed by atoms with van der Waals surface area (Å²) in [7, 11) is 0. The SMILES string of the molecule is Ic1cncnc1N1CCSCC1. The highest BCUT2D eigenvalue weighted by molar-refractivity contribution is 14.1. The molecule has 0 amide bonds. The monoisotopic (exact) mass is 307 g/mol. The Morgan fingerprint density at radius 2 is 2.15 bits per heavy atom. The van der Waals surface area contributed by atoms with Crippen LogP contribution in [-0.2, 0) is 0 Å². The first-order chi connectivity index (χ1) is 6.38. The van der Waals surface area contributed by atoms with Crippen LogP contribution in [-0.4, -0.2) is 34.6 Å². The van der Waals surface area contributed by atoms with Crippen molar-refractivity contribution >= 4 is 40.2 Å². The number of rotatable bonds is 1. The molecule has 1 aliphatic heterocycles. The highest BCUT2D eigenvalue weighted by Crippen LogP contribution is 2.21. The van der Waals surface area contributed by atoms with Gasteiger partial charge in [0.25, 0.3) is 0 Å². The van der Waals surface area contributed by atoms with Crippen molar-refractivity contribution in [1.29, 1.82) is 0 Å². The Balaban J connectivity index is 2.18. The molecule has 5 heteroatoms. The summed E-state index contributed by atoms with van der Waals surface area (Å²) < 4.78 is 1.15. The Morgan fingerprint density at radius 3 is 2.85 bits per heavy atom. The Labute approximate surface area is 95.5 Å². The predicted molar refractivity (Wildman–Crippen MR) is 64.3 cm³/mol. The second-order valence-corrected chi connectivity index (χ2v) is 5.18. The minimum absolute atomic E-state index is 1.09. The van der Waals surface area contributed by atoms with E-state index in [-0.39, 0.29) is 0 Å². The zero-order valence-corrected chi connectivity index (χ0v) is 10.1. The molecule has 1 aromatic heterocycles. The van der Waals surface area contributed by atoms with Gasteiger partial charge in [0.05, 0.1) is 3.57 Å². The van der Waals surface area contributed by atoms with E-state index in [9.17, 15) is 0 Å². The van der Waals surface area contributed by atoms with E-state index >= 15 is 0 Å². The summed E-state index contributed by atoms with van der Waals surface area (Å²) in [4.78, 5) is 10.6. The van der Waals surface area contributed by atoms with Gasteiger partial charge in [0, 0.05) is 30.8 Å². The summed E-state index contributed by atoms with van der Waals surface area (Å²) in [5.41, 5.74) is 0. The zero-order valence-electron chi connectivity index (χ0n) is 7.11. The van der Waals surface area contributed by atoms with E-state index in [0.717, 1.165) is 22.5 Å². The van der Waals surface area contributed by atoms with Crippen molar-refractivity contribution in [3.8, 4) is 0 Å². The fourth-order valence-electron chi connectivity index (χ4n) is 1.31. The quantitative estimate of drug-likeness (QED) is 0.738. The Morgan fingerprint density at radius 1 is 1.38 bits per heavy atom. The van der Waals surface area contributed by atoms with Crippen molar-refractivity contribution < 1.29 is 0 Å². The molecule has 3 nitrogen and oxygen atoms in total. The third-order valence-electron chi connectivity index (χ3n) is 1.96. The van der Waals surface area contributed by atoms with E-state index in [0.29, 0.717) is 0 Å². The minimum Gasteiger partial charge on any atom is -0.354 e. The summed E-state index contributed by atoms with van der Waals surface area (Å²) in [6, 6.07) is 0. The van der Waals surface area contributed by atoms with Crippen LogP contribution in [0.3, 0.4) is 0 Å². The van der Waals surface area contributed by atoms with Crippen LogP contribution in [0.15, 0.2) is 12.5 Å². The van der Waals surface area contributed by atoms with Crippen LogP contribution >= 0.6 is 34.4 Å². The van der Waals surface area contributed by atoms with Crippen LogP contribution in [0.4, 0.5) is 5.82 Å². The number of hydrogen-bond acceptors (Lipinski definition) is 4. The number of hydrogen-bond donors (Lipinski definition) is 0. The van der Waals surface area contributed by atoms with Crippen LogP contribution in [0.25, 0.3) is 0 Å². The van der Waals surface area contributed by atoms with Gasteiger partial charge >= 0.3 is 0 Å². The number of halogens is 1. The van der Waals surface area contributed by atoms with Gasteiger partial charge < -0.3 is 4.90 Å². The number of nitrogens with zero attached hydrogens (tertiary/aromatic N) is 3. The average Bonchev–Trinajstić information content (AvgIpc) is 2.20. The van der Waals surface area contributed by atoms with E-state index in [1.54, 1.807) is 6.33 Å².